The molecule has 0 aliphatic carbocycles. The Labute approximate surface area is 77.0 Å². The fourth-order valence-corrected chi connectivity index (χ4v) is 1.24. The smallest absolute Gasteiger partial charge is 0.374 e. The Hall–Kier alpha value is -1.91. The summed E-state index contributed by atoms with van der Waals surface area (Å²) in [5.41, 5.74) is -1.29. The van der Waals surface area contributed by atoms with E-state index in [9.17, 15) is 14.0 Å². The Balaban J connectivity index is 3.05. The van der Waals surface area contributed by atoms with Crippen LogP contribution in [-0.2, 0) is 0 Å². The molecular weight excluding hydrogens is 189 g/mol. The Morgan fingerprint density at radius 2 is 2.07 bits per heavy atom. The van der Waals surface area contributed by atoms with Crippen molar-refractivity contribution in [2.75, 3.05) is 0 Å². The number of aryl methyl sites for hydroxylation is 1. The minimum Gasteiger partial charge on any atom is -0.403 e. The molecule has 2 heterocycles. The van der Waals surface area contributed by atoms with Gasteiger partial charge in [0.05, 0.1) is 0 Å². The molecule has 0 amide bonds. The van der Waals surface area contributed by atoms with E-state index in [0.29, 0.717) is 5.39 Å². The summed E-state index contributed by atoms with van der Waals surface area (Å²) in [4.78, 5) is 24.1. The van der Waals surface area contributed by atoms with Gasteiger partial charge in [-0.1, -0.05) is 0 Å². The Morgan fingerprint density at radius 3 is 2.79 bits per heavy atom. The van der Waals surface area contributed by atoms with Gasteiger partial charge in [0, 0.05) is 17.0 Å². The first-order valence-corrected chi connectivity index (χ1v) is 3.92. The van der Waals surface area contributed by atoms with E-state index in [1.54, 1.807) is 0 Å². The number of halogens is 1. The monoisotopic (exact) mass is 195 g/mol. The SMILES string of the molecule is Cc1c(F)c(=O)oc2[nH]c(=O)ccc12. The van der Waals surface area contributed by atoms with Crippen LogP contribution in [0, 0.1) is 12.7 Å². The molecule has 0 aliphatic heterocycles. The van der Waals surface area contributed by atoms with Gasteiger partial charge in [-0.05, 0) is 13.0 Å². The van der Waals surface area contributed by atoms with Crippen molar-refractivity contribution >= 4 is 11.1 Å². The van der Waals surface area contributed by atoms with Crippen LogP contribution in [0.25, 0.3) is 11.1 Å². The van der Waals surface area contributed by atoms with Crippen LogP contribution in [0.1, 0.15) is 5.56 Å². The molecule has 0 saturated heterocycles. The lowest BCUT2D eigenvalue weighted by atomic mass is 10.2. The fraction of sp³-hybridized carbons (Fsp3) is 0.111. The number of hydrogen-bond acceptors (Lipinski definition) is 3. The summed E-state index contributed by atoms with van der Waals surface area (Å²) in [7, 11) is 0. The summed E-state index contributed by atoms with van der Waals surface area (Å²) in [5.74, 6) is -0.926. The minimum absolute atomic E-state index is 0.00130. The molecular formula is C9H6FNO3. The molecule has 0 radical (unpaired) electrons. The Kier molecular flexibility index (Phi) is 1.73. The first-order chi connectivity index (χ1) is 6.59. The lowest BCUT2D eigenvalue weighted by Gasteiger charge is -1.99. The van der Waals surface area contributed by atoms with E-state index < -0.39 is 17.0 Å². The highest BCUT2D eigenvalue weighted by molar-refractivity contribution is 5.76. The standard InChI is InChI=1S/C9H6FNO3/c1-4-5-2-3-6(12)11-8(5)14-9(13)7(4)10/h2-3H,1H3,(H,11,12). The Morgan fingerprint density at radius 1 is 1.36 bits per heavy atom. The number of fused-ring (bicyclic) bond motifs is 1. The first-order valence-electron chi connectivity index (χ1n) is 3.92. The van der Waals surface area contributed by atoms with Crippen molar-refractivity contribution in [3.8, 4) is 0 Å². The van der Waals surface area contributed by atoms with E-state index in [4.69, 9.17) is 0 Å². The zero-order valence-corrected chi connectivity index (χ0v) is 7.26. The van der Waals surface area contributed by atoms with Gasteiger partial charge in [0.25, 0.3) is 5.56 Å². The van der Waals surface area contributed by atoms with Crippen molar-refractivity contribution in [3.63, 3.8) is 0 Å². The molecule has 0 unspecified atom stereocenters. The van der Waals surface area contributed by atoms with Gasteiger partial charge in [-0.2, -0.15) is 4.39 Å². The van der Waals surface area contributed by atoms with Crippen LogP contribution in [0.3, 0.4) is 0 Å². The van der Waals surface area contributed by atoms with Crippen LogP contribution in [0.4, 0.5) is 4.39 Å². The molecule has 2 rings (SSSR count). The molecule has 72 valence electrons. The molecule has 0 aromatic carbocycles. The summed E-state index contributed by atoms with van der Waals surface area (Å²) in [6.07, 6.45) is 0. The lowest BCUT2D eigenvalue weighted by molar-refractivity contribution is 0.476. The molecule has 0 spiro atoms. The van der Waals surface area contributed by atoms with Gasteiger partial charge in [0.15, 0.2) is 0 Å². The summed E-state index contributed by atoms with van der Waals surface area (Å²) in [5, 5.41) is 0.390. The normalized spacial score (nSPS) is 10.7. The fourth-order valence-electron chi connectivity index (χ4n) is 1.24. The second-order valence-corrected chi connectivity index (χ2v) is 2.89. The van der Waals surface area contributed by atoms with Crippen LogP contribution >= 0.6 is 0 Å². The van der Waals surface area contributed by atoms with E-state index in [1.165, 1.54) is 19.1 Å². The largest absolute Gasteiger partial charge is 0.403 e. The number of nitrogens with one attached hydrogen (secondary N) is 1. The molecule has 4 nitrogen and oxygen atoms in total. The summed E-state index contributed by atoms with van der Waals surface area (Å²) >= 11 is 0. The first kappa shape index (κ1) is 8.68. The van der Waals surface area contributed by atoms with Crippen LogP contribution in [0.15, 0.2) is 26.1 Å². The average Bonchev–Trinajstić information content (AvgIpc) is 2.14. The maximum Gasteiger partial charge on any atom is 0.374 e. The highest BCUT2D eigenvalue weighted by atomic mass is 19.1. The third-order valence-corrected chi connectivity index (χ3v) is 1.99. The Bertz CT molecular complexity index is 611. The van der Waals surface area contributed by atoms with E-state index in [-0.39, 0.29) is 11.3 Å². The molecule has 0 fully saturated rings. The lowest BCUT2D eigenvalue weighted by Crippen LogP contribution is -2.11. The predicted octanol–water partition coefficient (Wildman–Crippen LogP) is 0.929. The summed E-state index contributed by atoms with van der Waals surface area (Å²) in [6, 6.07) is 2.66. The number of aromatic nitrogens is 1. The van der Waals surface area contributed by atoms with Gasteiger partial charge in [0.1, 0.15) is 0 Å². The number of hydrogen-bond donors (Lipinski definition) is 1. The third-order valence-electron chi connectivity index (χ3n) is 1.99. The van der Waals surface area contributed by atoms with Crippen LogP contribution in [0.5, 0.6) is 0 Å². The average molecular weight is 195 g/mol. The quantitative estimate of drug-likeness (QED) is 0.680. The van der Waals surface area contributed by atoms with Crippen molar-refractivity contribution in [1.82, 2.24) is 4.98 Å². The second-order valence-electron chi connectivity index (χ2n) is 2.89. The highest BCUT2D eigenvalue weighted by Gasteiger charge is 2.10. The zero-order chi connectivity index (χ0) is 10.3. The van der Waals surface area contributed by atoms with Crippen molar-refractivity contribution in [2.24, 2.45) is 0 Å². The van der Waals surface area contributed by atoms with E-state index in [2.05, 4.69) is 9.40 Å². The van der Waals surface area contributed by atoms with E-state index >= 15 is 0 Å². The molecule has 0 bridgehead atoms. The van der Waals surface area contributed by atoms with E-state index in [0.717, 1.165) is 0 Å². The van der Waals surface area contributed by atoms with Gasteiger partial charge in [-0.25, -0.2) is 4.79 Å². The molecule has 14 heavy (non-hydrogen) atoms. The molecule has 0 saturated carbocycles. The number of rotatable bonds is 0. The molecule has 0 aliphatic rings. The summed E-state index contributed by atoms with van der Waals surface area (Å²) < 4.78 is 17.6. The third kappa shape index (κ3) is 1.14. The van der Waals surface area contributed by atoms with Gasteiger partial charge in [-0.15, -0.1) is 0 Å². The number of aromatic amines is 1. The topological polar surface area (TPSA) is 63.1 Å². The van der Waals surface area contributed by atoms with Gasteiger partial charge < -0.3 is 4.42 Å². The number of H-pyrrole nitrogens is 1. The van der Waals surface area contributed by atoms with Gasteiger partial charge >= 0.3 is 5.63 Å². The van der Waals surface area contributed by atoms with Crippen LogP contribution < -0.4 is 11.2 Å². The molecule has 2 aromatic heterocycles. The maximum atomic E-state index is 13.1. The van der Waals surface area contributed by atoms with Crippen LogP contribution in [-0.4, -0.2) is 4.98 Å². The molecule has 5 heteroatoms. The second kappa shape index (κ2) is 2.80. The van der Waals surface area contributed by atoms with E-state index in [1.807, 2.05) is 0 Å². The zero-order valence-electron chi connectivity index (χ0n) is 7.26. The maximum absolute atomic E-state index is 13.1. The minimum atomic E-state index is -1.07. The van der Waals surface area contributed by atoms with Gasteiger partial charge in [0.2, 0.25) is 11.5 Å². The highest BCUT2D eigenvalue weighted by Crippen LogP contribution is 2.14. The van der Waals surface area contributed by atoms with Crippen LogP contribution in [0.2, 0.25) is 0 Å². The predicted molar refractivity (Wildman–Crippen MR) is 47.8 cm³/mol. The van der Waals surface area contributed by atoms with Crippen molar-refractivity contribution in [2.45, 2.75) is 6.92 Å². The van der Waals surface area contributed by atoms with Crippen molar-refractivity contribution in [3.05, 3.63) is 44.3 Å². The molecule has 0 atom stereocenters. The van der Waals surface area contributed by atoms with Crippen molar-refractivity contribution in [1.29, 1.82) is 0 Å². The van der Waals surface area contributed by atoms with Gasteiger partial charge in [-0.3, -0.25) is 9.78 Å². The summed E-state index contributed by atoms with van der Waals surface area (Å²) in [6.45, 7) is 1.45. The molecule has 2 aromatic rings. The van der Waals surface area contributed by atoms with Crippen molar-refractivity contribution < 1.29 is 8.81 Å². The number of pyridine rings is 1. The molecule has 1 N–H and O–H groups in total.